The Hall–Kier alpha value is -1.74. The molecular formula is C12H11ClF2N2O2. The quantitative estimate of drug-likeness (QED) is 0.617. The van der Waals surface area contributed by atoms with Gasteiger partial charge < -0.3 is 4.74 Å². The summed E-state index contributed by atoms with van der Waals surface area (Å²) >= 11 is 5.54. The number of esters is 1. The van der Waals surface area contributed by atoms with Crippen LogP contribution in [0.15, 0.2) is 6.07 Å². The van der Waals surface area contributed by atoms with Gasteiger partial charge in [0, 0.05) is 5.88 Å². The molecule has 0 atom stereocenters. The molecule has 0 spiro atoms. The van der Waals surface area contributed by atoms with Crippen LogP contribution in [0, 0.1) is 11.3 Å². The molecule has 0 radical (unpaired) electrons. The fourth-order valence-electron chi connectivity index (χ4n) is 1.49. The number of nitriles is 1. The molecule has 19 heavy (non-hydrogen) atoms. The van der Waals surface area contributed by atoms with Crippen molar-refractivity contribution in [2.75, 3.05) is 6.61 Å². The molecule has 7 heteroatoms. The van der Waals surface area contributed by atoms with Gasteiger partial charge in [0.15, 0.2) is 0 Å². The van der Waals surface area contributed by atoms with Crippen LogP contribution >= 0.6 is 11.6 Å². The van der Waals surface area contributed by atoms with Gasteiger partial charge in [-0.25, -0.2) is 13.8 Å². The van der Waals surface area contributed by atoms with Crippen LogP contribution in [0.25, 0.3) is 0 Å². The highest BCUT2D eigenvalue weighted by atomic mass is 35.5. The van der Waals surface area contributed by atoms with E-state index in [0.29, 0.717) is 0 Å². The van der Waals surface area contributed by atoms with Crippen molar-refractivity contribution >= 4 is 17.6 Å². The Labute approximate surface area is 114 Å². The molecule has 0 amide bonds. The fourth-order valence-corrected chi connectivity index (χ4v) is 1.70. The molecule has 4 nitrogen and oxygen atoms in total. The van der Waals surface area contributed by atoms with Gasteiger partial charge in [0.1, 0.15) is 11.8 Å². The first-order chi connectivity index (χ1) is 9.03. The maximum Gasteiger partial charge on any atom is 0.311 e. The summed E-state index contributed by atoms with van der Waals surface area (Å²) < 4.78 is 30.3. The van der Waals surface area contributed by atoms with E-state index in [1.807, 2.05) is 6.07 Å². The van der Waals surface area contributed by atoms with Crippen molar-refractivity contribution < 1.29 is 18.3 Å². The van der Waals surface area contributed by atoms with Crippen LogP contribution in [-0.2, 0) is 21.8 Å². The van der Waals surface area contributed by atoms with E-state index < -0.39 is 18.1 Å². The summed E-state index contributed by atoms with van der Waals surface area (Å²) in [7, 11) is 0. The van der Waals surface area contributed by atoms with Gasteiger partial charge in [-0.1, -0.05) is 0 Å². The lowest BCUT2D eigenvalue weighted by molar-refractivity contribution is -0.142. The summed E-state index contributed by atoms with van der Waals surface area (Å²) in [5.41, 5.74) is -0.396. The highest BCUT2D eigenvalue weighted by Crippen LogP contribution is 2.24. The topological polar surface area (TPSA) is 63.0 Å². The number of aromatic nitrogens is 1. The van der Waals surface area contributed by atoms with Crippen LogP contribution < -0.4 is 0 Å². The molecule has 0 saturated carbocycles. The molecular weight excluding hydrogens is 278 g/mol. The van der Waals surface area contributed by atoms with Crippen molar-refractivity contribution in [1.82, 2.24) is 4.98 Å². The summed E-state index contributed by atoms with van der Waals surface area (Å²) in [5.74, 6) is -0.800. The zero-order chi connectivity index (χ0) is 14.4. The summed E-state index contributed by atoms with van der Waals surface area (Å²) in [6, 6.07) is 3.04. The van der Waals surface area contributed by atoms with Crippen LogP contribution in [0.1, 0.15) is 35.9 Å². The van der Waals surface area contributed by atoms with E-state index in [0.717, 1.165) is 0 Å². The van der Waals surface area contributed by atoms with Gasteiger partial charge in [-0.2, -0.15) is 5.26 Å². The molecule has 0 unspecified atom stereocenters. The maximum absolute atomic E-state index is 12.8. The van der Waals surface area contributed by atoms with Gasteiger partial charge in [0.25, 0.3) is 6.43 Å². The number of pyridine rings is 1. The number of carbonyl (C=O) groups excluding carboxylic acids is 1. The Kier molecular flexibility index (Phi) is 5.64. The predicted molar refractivity (Wildman–Crippen MR) is 63.8 cm³/mol. The number of carbonyl (C=O) groups is 1. The molecule has 1 aromatic heterocycles. The van der Waals surface area contributed by atoms with E-state index in [2.05, 4.69) is 4.98 Å². The van der Waals surface area contributed by atoms with E-state index in [-0.39, 0.29) is 35.7 Å². The molecule has 0 aliphatic carbocycles. The minimum atomic E-state index is -2.82. The number of nitrogens with zero attached hydrogens (tertiary/aromatic N) is 2. The van der Waals surface area contributed by atoms with E-state index in [9.17, 15) is 13.6 Å². The maximum atomic E-state index is 12.8. The smallest absolute Gasteiger partial charge is 0.311 e. The Morgan fingerprint density at radius 2 is 2.32 bits per heavy atom. The van der Waals surface area contributed by atoms with Crippen LogP contribution in [0.2, 0.25) is 0 Å². The van der Waals surface area contributed by atoms with E-state index in [1.165, 1.54) is 6.07 Å². The zero-order valence-electron chi connectivity index (χ0n) is 10.1. The standard InChI is InChI=1S/C12H11ClF2N2O2/c1-2-19-10(18)4-9-8(6-16)3-7(5-13)11(17-9)12(14)15/h3,12H,2,4-5H2,1H3. The van der Waals surface area contributed by atoms with Gasteiger partial charge in [0.05, 0.1) is 24.3 Å². The van der Waals surface area contributed by atoms with Crippen LogP contribution in [-0.4, -0.2) is 17.6 Å². The molecule has 1 heterocycles. The number of halogens is 3. The lowest BCUT2D eigenvalue weighted by Crippen LogP contribution is -2.12. The van der Waals surface area contributed by atoms with Gasteiger partial charge in [0.2, 0.25) is 0 Å². The van der Waals surface area contributed by atoms with E-state index >= 15 is 0 Å². The minimum absolute atomic E-state index is 0.0230. The third-order valence-electron chi connectivity index (χ3n) is 2.30. The van der Waals surface area contributed by atoms with Gasteiger partial charge in [-0.15, -0.1) is 11.6 Å². The van der Waals surface area contributed by atoms with E-state index in [1.54, 1.807) is 6.92 Å². The van der Waals surface area contributed by atoms with Crippen molar-refractivity contribution in [2.45, 2.75) is 25.7 Å². The average Bonchev–Trinajstić information content (AvgIpc) is 2.38. The summed E-state index contributed by atoms with van der Waals surface area (Å²) in [6.07, 6.45) is -3.14. The van der Waals surface area contributed by atoms with Gasteiger partial charge >= 0.3 is 5.97 Å². The number of alkyl halides is 3. The van der Waals surface area contributed by atoms with Gasteiger partial charge in [-0.05, 0) is 18.6 Å². The molecule has 0 saturated heterocycles. The third-order valence-corrected chi connectivity index (χ3v) is 2.59. The predicted octanol–water partition coefficient (Wildman–Crippen LogP) is 2.74. The Balaban J connectivity index is 3.19. The summed E-state index contributed by atoms with van der Waals surface area (Å²) in [6.45, 7) is 1.79. The molecule has 0 aliphatic heterocycles. The number of ether oxygens (including phenoxy) is 1. The first kappa shape index (κ1) is 15.3. The number of hydrogen-bond donors (Lipinski definition) is 0. The Bertz CT molecular complexity index is 515. The normalized spacial score (nSPS) is 10.3. The molecule has 102 valence electrons. The van der Waals surface area contributed by atoms with Crippen LogP contribution in [0.5, 0.6) is 0 Å². The molecule has 0 fully saturated rings. The second kappa shape index (κ2) is 7.00. The van der Waals surface area contributed by atoms with Crippen molar-refractivity contribution in [1.29, 1.82) is 5.26 Å². The van der Waals surface area contributed by atoms with Crippen molar-refractivity contribution in [3.63, 3.8) is 0 Å². The Morgan fingerprint density at radius 3 is 2.79 bits per heavy atom. The van der Waals surface area contributed by atoms with Crippen molar-refractivity contribution in [3.8, 4) is 6.07 Å². The molecule has 0 bridgehead atoms. The van der Waals surface area contributed by atoms with E-state index in [4.69, 9.17) is 21.6 Å². The molecule has 0 aromatic carbocycles. The van der Waals surface area contributed by atoms with Crippen LogP contribution in [0.3, 0.4) is 0 Å². The summed E-state index contributed by atoms with van der Waals surface area (Å²) in [5, 5.41) is 8.94. The van der Waals surface area contributed by atoms with Crippen molar-refractivity contribution in [3.05, 3.63) is 28.6 Å². The molecule has 1 aromatic rings. The lowest BCUT2D eigenvalue weighted by Gasteiger charge is -2.10. The van der Waals surface area contributed by atoms with Crippen molar-refractivity contribution in [2.24, 2.45) is 0 Å². The second-order valence-electron chi connectivity index (χ2n) is 3.55. The minimum Gasteiger partial charge on any atom is -0.466 e. The second-order valence-corrected chi connectivity index (χ2v) is 3.82. The average molecular weight is 289 g/mol. The number of rotatable bonds is 5. The largest absolute Gasteiger partial charge is 0.466 e. The zero-order valence-corrected chi connectivity index (χ0v) is 10.9. The lowest BCUT2D eigenvalue weighted by atomic mass is 10.1. The SMILES string of the molecule is CCOC(=O)Cc1nc(C(F)F)c(CCl)cc1C#N. The van der Waals surface area contributed by atoms with Crippen LogP contribution in [0.4, 0.5) is 8.78 Å². The molecule has 0 aliphatic rings. The van der Waals surface area contributed by atoms with Gasteiger partial charge in [-0.3, -0.25) is 4.79 Å². The molecule has 1 rings (SSSR count). The highest BCUT2D eigenvalue weighted by Gasteiger charge is 2.20. The fraction of sp³-hybridized carbons (Fsp3) is 0.417. The third kappa shape index (κ3) is 3.86. The highest BCUT2D eigenvalue weighted by molar-refractivity contribution is 6.17. The monoisotopic (exact) mass is 288 g/mol. The number of hydrogen-bond acceptors (Lipinski definition) is 4. The first-order valence-corrected chi connectivity index (χ1v) is 5.99. The summed E-state index contributed by atoms with van der Waals surface area (Å²) in [4.78, 5) is 15.0. The Morgan fingerprint density at radius 1 is 1.63 bits per heavy atom. The first-order valence-electron chi connectivity index (χ1n) is 5.46. The molecule has 0 N–H and O–H groups in total.